The third kappa shape index (κ3) is 3.86. The maximum absolute atomic E-state index is 13.4. The van der Waals surface area contributed by atoms with E-state index in [4.69, 9.17) is 0 Å². The number of carbonyl (C=O) groups excluding carboxylic acids is 1. The highest BCUT2D eigenvalue weighted by Crippen LogP contribution is 2.21. The minimum absolute atomic E-state index is 0.229. The Morgan fingerprint density at radius 3 is 2.29 bits per heavy atom. The highest BCUT2D eigenvalue weighted by molar-refractivity contribution is 5.84. The molecule has 31 heavy (non-hydrogen) atoms. The molecule has 1 unspecified atom stereocenters. The van der Waals surface area contributed by atoms with E-state index in [0.717, 1.165) is 16.9 Å². The maximum Gasteiger partial charge on any atom is 0.278 e. The number of carbonyl (C=O) groups is 1. The number of aromatic nitrogens is 4. The summed E-state index contributed by atoms with van der Waals surface area (Å²) in [6.45, 7) is 5.95. The number of rotatable bonds is 6. The van der Waals surface area contributed by atoms with Crippen LogP contribution in [0.1, 0.15) is 36.3 Å². The summed E-state index contributed by atoms with van der Waals surface area (Å²) in [5.41, 5.74) is 3.46. The SMILES string of the molecule is CCC(C(=O)NCc1ccccc1)n1nc(C)c2nn(-c3ccccc3)c(C)c2c1=O. The number of benzene rings is 2. The Morgan fingerprint density at radius 2 is 1.65 bits per heavy atom. The van der Waals surface area contributed by atoms with Crippen LogP contribution in [0, 0.1) is 13.8 Å². The molecule has 2 aromatic carbocycles. The van der Waals surface area contributed by atoms with Gasteiger partial charge in [0.1, 0.15) is 11.6 Å². The van der Waals surface area contributed by atoms with Gasteiger partial charge in [0.15, 0.2) is 0 Å². The Kier molecular flexibility index (Phi) is 5.66. The predicted molar refractivity (Wildman–Crippen MR) is 120 cm³/mol. The van der Waals surface area contributed by atoms with Crippen LogP contribution in [0.25, 0.3) is 16.6 Å². The second-order valence-electron chi connectivity index (χ2n) is 7.52. The van der Waals surface area contributed by atoms with E-state index >= 15 is 0 Å². The summed E-state index contributed by atoms with van der Waals surface area (Å²) >= 11 is 0. The van der Waals surface area contributed by atoms with Gasteiger partial charge in [-0.05, 0) is 38.0 Å². The molecule has 7 nitrogen and oxygen atoms in total. The molecular weight excluding hydrogens is 390 g/mol. The first-order chi connectivity index (χ1) is 15.0. The zero-order valence-electron chi connectivity index (χ0n) is 17.9. The van der Waals surface area contributed by atoms with Gasteiger partial charge in [-0.3, -0.25) is 9.59 Å². The number of fused-ring (bicyclic) bond motifs is 1. The lowest BCUT2D eigenvalue weighted by Crippen LogP contribution is -2.38. The molecule has 0 aliphatic rings. The molecule has 2 heterocycles. The summed E-state index contributed by atoms with van der Waals surface area (Å²) in [5.74, 6) is -0.229. The van der Waals surface area contributed by atoms with E-state index in [1.807, 2.05) is 81.4 Å². The van der Waals surface area contributed by atoms with Crippen molar-refractivity contribution in [1.29, 1.82) is 0 Å². The van der Waals surface area contributed by atoms with Crippen molar-refractivity contribution in [1.82, 2.24) is 24.9 Å². The number of amides is 1. The average Bonchev–Trinajstić information content (AvgIpc) is 3.15. The predicted octanol–water partition coefficient (Wildman–Crippen LogP) is 3.47. The number of para-hydroxylation sites is 1. The van der Waals surface area contributed by atoms with Gasteiger partial charge >= 0.3 is 0 Å². The van der Waals surface area contributed by atoms with Gasteiger partial charge in [0.05, 0.1) is 22.5 Å². The molecule has 1 N–H and O–H groups in total. The molecule has 7 heteroatoms. The summed E-state index contributed by atoms with van der Waals surface area (Å²) in [5, 5.41) is 12.5. The minimum atomic E-state index is -0.696. The van der Waals surface area contributed by atoms with Crippen LogP contribution < -0.4 is 10.9 Å². The topological polar surface area (TPSA) is 81.8 Å². The molecule has 4 aromatic rings. The fourth-order valence-corrected chi connectivity index (χ4v) is 3.78. The van der Waals surface area contributed by atoms with Crippen LogP contribution in [-0.2, 0) is 11.3 Å². The fraction of sp³-hybridized carbons (Fsp3) is 0.250. The van der Waals surface area contributed by atoms with Crippen LogP contribution in [0.2, 0.25) is 0 Å². The highest BCUT2D eigenvalue weighted by Gasteiger charge is 2.25. The Morgan fingerprint density at radius 1 is 1.00 bits per heavy atom. The van der Waals surface area contributed by atoms with Crippen molar-refractivity contribution in [2.24, 2.45) is 0 Å². The van der Waals surface area contributed by atoms with Crippen molar-refractivity contribution in [2.75, 3.05) is 0 Å². The molecule has 0 aliphatic carbocycles. The number of hydrogen-bond acceptors (Lipinski definition) is 4. The smallest absolute Gasteiger partial charge is 0.278 e. The lowest BCUT2D eigenvalue weighted by atomic mass is 10.1. The van der Waals surface area contributed by atoms with Gasteiger partial charge in [-0.1, -0.05) is 55.5 Å². The van der Waals surface area contributed by atoms with Crippen LogP contribution in [-0.4, -0.2) is 25.5 Å². The number of hydrogen-bond donors (Lipinski definition) is 1. The summed E-state index contributed by atoms with van der Waals surface area (Å²) in [6, 6.07) is 18.6. The average molecular weight is 415 g/mol. The first-order valence-electron chi connectivity index (χ1n) is 10.4. The van der Waals surface area contributed by atoms with E-state index in [-0.39, 0.29) is 11.5 Å². The second kappa shape index (κ2) is 8.55. The van der Waals surface area contributed by atoms with Crippen LogP contribution >= 0.6 is 0 Å². The lowest BCUT2D eigenvalue weighted by Gasteiger charge is -2.17. The van der Waals surface area contributed by atoms with Crippen LogP contribution in [0.3, 0.4) is 0 Å². The largest absolute Gasteiger partial charge is 0.350 e. The molecule has 0 bridgehead atoms. The Bertz CT molecular complexity index is 1280. The van der Waals surface area contributed by atoms with Crippen LogP contribution in [0.5, 0.6) is 0 Å². The number of nitrogens with one attached hydrogen (secondary N) is 1. The van der Waals surface area contributed by atoms with Gasteiger partial charge in [0, 0.05) is 6.54 Å². The maximum atomic E-state index is 13.4. The Balaban J connectivity index is 1.73. The monoisotopic (exact) mass is 415 g/mol. The quantitative estimate of drug-likeness (QED) is 0.523. The van der Waals surface area contributed by atoms with E-state index in [2.05, 4.69) is 15.5 Å². The molecule has 158 valence electrons. The molecule has 4 rings (SSSR count). The normalized spacial score (nSPS) is 12.1. The van der Waals surface area contributed by atoms with Crippen molar-refractivity contribution < 1.29 is 4.79 Å². The second-order valence-corrected chi connectivity index (χ2v) is 7.52. The zero-order valence-corrected chi connectivity index (χ0v) is 17.9. The molecular formula is C24H25N5O2. The summed E-state index contributed by atoms with van der Waals surface area (Å²) in [7, 11) is 0. The highest BCUT2D eigenvalue weighted by atomic mass is 16.2. The summed E-state index contributed by atoms with van der Waals surface area (Å²) in [6.07, 6.45) is 0.449. The zero-order chi connectivity index (χ0) is 22.0. The molecule has 0 saturated heterocycles. The van der Waals surface area contributed by atoms with Crippen molar-refractivity contribution in [3.8, 4) is 5.69 Å². The molecule has 0 saturated carbocycles. The van der Waals surface area contributed by atoms with E-state index in [9.17, 15) is 9.59 Å². The summed E-state index contributed by atoms with van der Waals surface area (Å²) < 4.78 is 3.06. The van der Waals surface area contributed by atoms with Gasteiger partial charge in [-0.25, -0.2) is 9.36 Å². The third-order valence-corrected chi connectivity index (χ3v) is 5.43. The first-order valence-corrected chi connectivity index (χ1v) is 10.4. The van der Waals surface area contributed by atoms with Crippen LogP contribution in [0.4, 0.5) is 0 Å². The molecule has 0 fully saturated rings. The number of nitrogens with zero attached hydrogens (tertiary/aromatic N) is 4. The Labute approximate surface area is 180 Å². The molecule has 0 spiro atoms. The molecule has 1 atom stereocenters. The minimum Gasteiger partial charge on any atom is -0.350 e. The van der Waals surface area contributed by atoms with E-state index in [0.29, 0.717) is 29.6 Å². The van der Waals surface area contributed by atoms with Gasteiger partial charge in [-0.2, -0.15) is 10.2 Å². The first kappa shape index (κ1) is 20.5. The van der Waals surface area contributed by atoms with E-state index in [1.165, 1.54) is 4.68 Å². The lowest BCUT2D eigenvalue weighted by molar-refractivity contribution is -0.125. The fourth-order valence-electron chi connectivity index (χ4n) is 3.78. The Hall–Kier alpha value is -3.74. The molecule has 1 amide bonds. The van der Waals surface area contributed by atoms with Gasteiger partial charge in [0.25, 0.3) is 5.56 Å². The van der Waals surface area contributed by atoms with E-state index in [1.54, 1.807) is 4.68 Å². The molecule has 2 aromatic heterocycles. The summed E-state index contributed by atoms with van der Waals surface area (Å²) in [4.78, 5) is 26.3. The van der Waals surface area contributed by atoms with E-state index < -0.39 is 6.04 Å². The van der Waals surface area contributed by atoms with Crippen molar-refractivity contribution in [3.05, 3.63) is 88.0 Å². The molecule has 0 aliphatic heterocycles. The third-order valence-electron chi connectivity index (χ3n) is 5.43. The van der Waals surface area contributed by atoms with Gasteiger partial charge in [0.2, 0.25) is 5.91 Å². The van der Waals surface area contributed by atoms with Crippen molar-refractivity contribution >= 4 is 16.8 Å². The van der Waals surface area contributed by atoms with Crippen molar-refractivity contribution in [3.63, 3.8) is 0 Å². The number of aryl methyl sites for hydroxylation is 2. The van der Waals surface area contributed by atoms with Gasteiger partial charge in [-0.15, -0.1) is 0 Å². The molecule has 0 radical (unpaired) electrons. The van der Waals surface area contributed by atoms with Crippen molar-refractivity contribution in [2.45, 2.75) is 39.8 Å². The standard InChI is InChI=1S/C24H25N5O2/c1-4-20(23(30)25-15-18-11-7-5-8-12-18)29-24(31)21-17(3)28(19-13-9-6-10-14-19)27-22(21)16(2)26-29/h5-14,20H,4,15H2,1-3H3,(H,25,30). The van der Waals surface area contributed by atoms with Crippen LogP contribution in [0.15, 0.2) is 65.5 Å². The van der Waals surface area contributed by atoms with Gasteiger partial charge < -0.3 is 5.32 Å².